The summed E-state index contributed by atoms with van der Waals surface area (Å²) < 4.78 is 4.81. The summed E-state index contributed by atoms with van der Waals surface area (Å²) in [5.41, 5.74) is -1.60. The number of carbonyl (C=O) groups excluding carboxylic acids is 1. The molecule has 0 fully saturated rings. The summed E-state index contributed by atoms with van der Waals surface area (Å²) in [7, 11) is 0. The van der Waals surface area contributed by atoms with E-state index in [-0.39, 0.29) is 25.4 Å². The third-order valence-electron chi connectivity index (χ3n) is 2.24. The maximum Gasteiger partial charge on any atom is 0.324 e. The number of carboxylic acids is 1. The number of hydrogen-bond donors (Lipinski definition) is 1. The van der Waals surface area contributed by atoms with E-state index in [9.17, 15) is 14.7 Å². The third-order valence-corrected chi connectivity index (χ3v) is 2.24. The van der Waals surface area contributed by atoms with E-state index in [0.717, 1.165) is 0 Å². The van der Waals surface area contributed by atoms with Crippen molar-refractivity contribution in [2.75, 3.05) is 6.61 Å². The lowest BCUT2D eigenvalue weighted by atomic mass is 9.77. The van der Waals surface area contributed by atoms with Crippen LogP contribution in [0.2, 0.25) is 0 Å². The van der Waals surface area contributed by atoms with E-state index >= 15 is 0 Å². The molecular weight excluding hydrogens is 208 g/mol. The molecule has 90 valence electrons. The van der Waals surface area contributed by atoms with Gasteiger partial charge in [0.05, 0.1) is 6.61 Å². The molecule has 1 unspecified atom stereocenters. The Morgan fingerprint density at radius 2 is 2.06 bits per heavy atom. The Morgan fingerprint density at radius 1 is 1.50 bits per heavy atom. The molecule has 0 aromatic heterocycles. The van der Waals surface area contributed by atoms with Gasteiger partial charge in [0.2, 0.25) is 0 Å². The lowest BCUT2D eigenvalue weighted by Crippen LogP contribution is -2.41. The van der Waals surface area contributed by atoms with E-state index < -0.39 is 17.4 Å². The summed E-state index contributed by atoms with van der Waals surface area (Å²) in [5.74, 6) is 0.351. The van der Waals surface area contributed by atoms with Crippen LogP contribution in [0.25, 0.3) is 0 Å². The lowest BCUT2D eigenvalue weighted by Gasteiger charge is -2.26. The van der Waals surface area contributed by atoms with Gasteiger partial charge in [-0.3, -0.25) is 9.59 Å². The third kappa shape index (κ3) is 3.27. The minimum atomic E-state index is -1.60. The van der Waals surface area contributed by atoms with Crippen molar-refractivity contribution in [1.29, 1.82) is 0 Å². The van der Waals surface area contributed by atoms with E-state index in [2.05, 4.69) is 5.92 Å². The zero-order valence-corrected chi connectivity index (χ0v) is 9.95. The Balaban J connectivity index is 5.17. The number of carbonyl (C=O) groups is 2. The Bertz CT molecular complexity index is 301. The molecule has 0 heterocycles. The predicted molar refractivity (Wildman–Crippen MR) is 59.6 cm³/mol. The van der Waals surface area contributed by atoms with Crippen molar-refractivity contribution in [3.8, 4) is 12.3 Å². The largest absolute Gasteiger partial charge is 0.480 e. The van der Waals surface area contributed by atoms with Gasteiger partial charge < -0.3 is 9.84 Å². The first kappa shape index (κ1) is 14.5. The molecule has 0 aliphatic rings. The van der Waals surface area contributed by atoms with Crippen LogP contribution in [0.4, 0.5) is 0 Å². The molecule has 0 rings (SSSR count). The van der Waals surface area contributed by atoms with Gasteiger partial charge in [0, 0.05) is 6.42 Å². The fourth-order valence-electron chi connectivity index (χ4n) is 1.62. The van der Waals surface area contributed by atoms with Crippen LogP contribution in [0.3, 0.4) is 0 Å². The van der Waals surface area contributed by atoms with Crippen LogP contribution in [0.5, 0.6) is 0 Å². The molecule has 0 saturated carbocycles. The van der Waals surface area contributed by atoms with Gasteiger partial charge in [0.1, 0.15) is 0 Å². The van der Waals surface area contributed by atoms with Crippen molar-refractivity contribution in [2.45, 2.75) is 33.6 Å². The summed E-state index contributed by atoms with van der Waals surface area (Å²) in [6.07, 6.45) is 5.19. The van der Waals surface area contributed by atoms with Crippen LogP contribution in [0.15, 0.2) is 0 Å². The van der Waals surface area contributed by atoms with Crippen LogP contribution in [0.1, 0.15) is 33.6 Å². The van der Waals surface area contributed by atoms with Gasteiger partial charge in [-0.2, -0.15) is 0 Å². The fourth-order valence-corrected chi connectivity index (χ4v) is 1.62. The first-order chi connectivity index (χ1) is 7.40. The van der Waals surface area contributed by atoms with Crippen molar-refractivity contribution >= 4 is 11.9 Å². The molecule has 0 spiro atoms. The molecule has 16 heavy (non-hydrogen) atoms. The van der Waals surface area contributed by atoms with Crippen LogP contribution >= 0.6 is 0 Å². The molecule has 0 aromatic rings. The maximum absolute atomic E-state index is 11.7. The Kier molecular flexibility index (Phi) is 5.59. The first-order valence-electron chi connectivity index (χ1n) is 5.24. The molecule has 4 heteroatoms. The number of hydrogen-bond acceptors (Lipinski definition) is 3. The highest BCUT2D eigenvalue weighted by molar-refractivity contribution is 5.99. The van der Waals surface area contributed by atoms with Crippen LogP contribution < -0.4 is 0 Å². The van der Waals surface area contributed by atoms with Crippen molar-refractivity contribution < 1.29 is 19.4 Å². The van der Waals surface area contributed by atoms with Gasteiger partial charge in [-0.05, 0) is 19.3 Å². The molecule has 0 amide bonds. The fraction of sp³-hybridized carbons (Fsp3) is 0.667. The number of aliphatic carboxylic acids is 1. The van der Waals surface area contributed by atoms with E-state index in [0.29, 0.717) is 0 Å². The summed E-state index contributed by atoms with van der Waals surface area (Å²) in [5, 5.41) is 9.20. The number of rotatable bonds is 6. The average Bonchev–Trinajstić information content (AvgIpc) is 2.16. The molecule has 0 aliphatic heterocycles. The first-order valence-corrected chi connectivity index (χ1v) is 5.24. The van der Waals surface area contributed by atoms with Crippen LogP contribution in [-0.2, 0) is 14.3 Å². The summed E-state index contributed by atoms with van der Waals surface area (Å²) in [6, 6.07) is 0. The molecule has 4 nitrogen and oxygen atoms in total. The highest BCUT2D eigenvalue weighted by atomic mass is 16.5. The second-order valence-electron chi connectivity index (χ2n) is 4.09. The van der Waals surface area contributed by atoms with E-state index in [4.69, 9.17) is 11.2 Å². The predicted octanol–water partition coefficient (Wildman–Crippen LogP) is 1.69. The number of carboxylic acid groups (broad SMARTS) is 1. The number of ether oxygens (including phenoxy) is 1. The van der Waals surface area contributed by atoms with Crippen LogP contribution in [-0.4, -0.2) is 23.7 Å². The highest BCUT2D eigenvalue weighted by Crippen LogP contribution is 2.32. The minimum Gasteiger partial charge on any atom is -0.480 e. The molecule has 0 aromatic carbocycles. The molecule has 0 radical (unpaired) electrons. The molecule has 1 atom stereocenters. The Hall–Kier alpha value is -1.50. The topological polar surface area (TPSA) is 63.6 Å². The molecule has 0 saturated heterocycles. The standard InChI is InChI=1S/C12H18O4/c1-5-7-12(10(13)14,8-9(3)4)11(15)16-6-2/h1,9H,6-8H2,2-4H3,(H,13,14). The Morgan fingerprint density at radius 3 is 2.38 bits per heavy atom. The average molecular weight is 226 g/mol. The maximum atomic E-state index is 11.7. The zero-order valence-electron chi connectivity index (χ0n) is 9.95. The molecule has 0 bridgehead atoms. The molecular formula is C12H18O4. The van der Waals surface area contributed by atoms with Crippen molar-refractivity contribution in [3.05, 3.63) is 0 Å². The summed E-state index contributed by atoms with van der Waals surface area (Å²) in [4.78, 5) is 23.0. The minimum absolute atomic E-state index is 0.0499. The normalized spacial score (nSPS) is 13.9. The molecule has 0 aliphatic carbocycles. The van der Waals surface area contributed by atoms with Crippen molar-refractivity contribution in [3.63, 3.8) is 0 Å². The van der Waals surface area contributed by atoms with Gasteiger partial charge in [-0.1, -0.05) is 13.8 Å². The SMILES string of the molecule is C#CCC(CC(C)C)(C(=O)O)C(=O)OCC. The number of esters is 1. The summed E-state index contributed by atoms with van der Waals surface area (Å²) >= 11 is 0. The van der Waals surface area contributed by atoms with Gasteiger partial charge in [0.15, 0.2) is 5.41 Å². The monoisotopic (exact) mass is 226 g/mol. The van der Waals surface area contributed by atoms with E-state index in [1.807, 2.05) is 13.8 Å². The van der Waals surface area contributed by atoms with Gasteiger partial charge in [-0.25, -0.2) is 0 Å². The van der Waals surface area contributed by atoms with Crippen molar-refractivity contribution in [1.82, 2.24) is 0 Å². The second-order valence-corrected chi connectivity index (χ2v) is 4.09. The van der Waals surface area contributed by atoms with Gasteiger partial charge >= 0.3 is 11.9 Å². The summed E-state index contributed by atoms with van der Waals surface area (Å²) in [6.45, 7) is 5.47. The smallest absolute Gasteiger partial charge is 0.324 e. The number of terminal acetylenes is 1. The Labute approximate surface area is 96.0 Å². The van der Waals surface area contributed by atoms with Gasteiger partial charge in [0.25, 0.3) is 0 Å². The quantitative estimate of drug-likeness (QED) is 0.425. The van der Waals surface area contributed by atoms with E-state index in [1.165, 1.54) is 0 Å². The van der Waals surface area contributed by atoms with Gasteiger partial charge in [-0.15, -0.1) is 12.3 Å². The van der Waals surface area contributed by atoms with E-state index in [1.54, 1.807) is 6.92 Å². The lowest BCUT2D eigenvalue weighted by molar-refractivity contribution is -0.169. The second kappa shape index (κ2) is 6.16. The van der Waals surface area contributed by atoms with Crippen molar-refractivity contribution in [2.24, 2.45) is 11.3 Å². The highest BCUT2D eigenvalue weighted by Gasteiger charge is 2.47. The van der Waals surface area contributed by atoms with Crippen LogP contribution in [0, 0.1) is 23.7 Å². The zero-order chi connectivity index (χ0) is 12.8. The molecule has 1 N–H and O–H groups in total.